The van der Waals surface area contributed by atoms with Crippen LogP contribution >= 0.6 is 0 Å². The summed E-state index contributed by atoms with van der Waals surface area (Å²) in [7, 11) is 1.56. The summed E-state index contributed by atoms with van der Waals surface area (Å²) in [5, 5.41) is 10.8. The average molecular weight is 214 g/mol. The smallest absolute Gasteiger partial charge is 0.329 e. The summed E-state index contributed by atoms with van der Waals surface area (Å²) in [6.45, 7) is 0.265. The number of rotatable bonds is 6. The maximum Gasteiger partial charge on any atom is 0.329 e. The molecule has 0 aliphatic carbocycles. The zero-order valence-electron chi connectivity index (χ0n) is 8.52. The van der Waals surface area contributed by atoms with Gasteiger partial charge in [0.15, 0.2) is 0 Å². The van der Waals surface area contributed by atoms with E-state index in [9.17, 15) is 9.59 Å². The van der Waals surface area contributed by atoms with Gasteiger partial charge in [0.25, 0.3) is 0 Å². The first-order chi connectivity index (χ1) is 7.07. The summed E-state index contributed by atoms with van der Waals surface area (Å²) in [6, 6.07) is -0.313. The zero-order chi connectivity index (χ0) is 11.7. The highest BCUT2D eigenvalue weighted by Gasteiger charge is 2.05. The van der Waals surface area contributed by atoms with Crippen LogP contribution in [-0.2, 0) is 9.53 Å². The van der Waals surface area contributed by atoms with Crippen molar-refractivity contribution in [2.24, 2.45) is 0 Å². The number of carbonyl (C=O) groups excluding carboxylic acids is 1. The van der Waals surface area contributed by atoms with Gasteiger partial charge in [0.1, 0.15) is 6.61 Å². The first-order valence-electron chi connectivity index (χ1n) is 4.30. The van der Waals surface area contributed by atoms with E-state index >= 15 is 0 Å². The number of carboxylic acids is 1. The monoisotopic (exact) mass is 214 g/mol. The molecule has 0 aliphatic rings. The molecule has 0 aliphatic heterocycles. The predicted molar refractivity (Wildman–Crippen MR) is 53.3 cm³/mol. The number of urea groups is 1. The van der Waals surface area contributed by atoms with Crippen LogP contribution in [0.3, 0.4) is 0 Å². The summed E-state index contributed by atoms with van der Waals surface area (Å²) >= 11 is 0. The van der Waals surface area contributed by atoms with E-state index in [4.69, 9.17) is 16.3 Å². The van der Waals surface area contributed by atoms with Crippen molar-refractivity contribution >= 4 is 12.0 Å². The largest absolute Gasteiger partial charge is 0.480 e. The molecule has 0 unspecified atom stereocenters. The molecule has 0 aromatic heterocycles. The van der Waals surface area contributed by atoms with Crippen LogP contribution in [0.4, 0.5) is 4.79 Å². The number of terminal acetylenes is 1. The number of carbonyl (C=O) groups is 2. The van der Waals surface area contributed by atoms with Crippen LogP contribution in [0.2, 0.25) is 0 Å². The topological polar surface area (TPSA) is 78.9 Å². The molecular formula is C9H14N2O4. The minimum Gasteiger partial charge on any atom is -0.480 e. The molecule has 0 heterocycles. The molecule has 0 aromatic carbocycles. The average Bonchev–Trinajstić information content (AvgIpc) is 2.16. The summed E-state index contributed by atoms with van der Waals surface area (Å²) in [6.07, 6.45) is 5.02. The highest BCUT2D eigenvalue weighted by atomic mass is 16.5. The highest BCUT2D eigenvalue weighted by Crippen LogP contribution is 1.82. The van der Waals surface area contributed by atoms with Crippen molar-refractivity contribution in [3.8, 4) is 12.3 Å². The minimum atomic E-state index is -1.04. The number of ether oxygens (including phenoxy) is 1. The molecule has 15 heavy (non-hydrogen) atoms. The summed E-state index contributed by atoms with van der Waals surface area (Å²) in [5.41, 5.74) is 0. The van der Waals surface area contributed by atoms with Crippen LogP contribution < -0.4 is 5.32 Å². The van der Waals surface area contributed by atoms with E-state index < -0.39 is 5.97 Å². The van der Waals surface area contributed by atoms with Gasteiger partial charge in [-0.25, -0.2) is 9.59 Å². The van der Waals surface area contributed by atoms with Gasteiger partial charge >= 0.3 is 12.0 Å². The SMILES string of the molecule is C#CCN(C)C(=O)NCCOCC(=O)O. The lowest BCUT2D eigenvalue weighted by atomic mass is 10.6. The van der Waals surface area contributed by atoms with E-state index in [0.717, 1.165) is 0 Å². The van der Waals surface area contributed by atoms with E-state index in [-0.39, 0.29) is 32.3 Å². The predicted octanol–water partition coefficient (Wildman–Crippen LogP) is -0.638. The first-order valence-corrected chi connectivity index (χ1v) is 4.30. The second-order valence-electron chi connectivity index (χ2n) is 2.74. The molecule has 0 saturated heterocycles. The van der Waals surface area contributed by atoms with E-state index in [1.165, 1.54) is 4.90 Å². The Labute approximate surface area is 88.2 Å². The van der Waals surface area contributed by atoms with E-state index in [1.807, 2.05) is 0 Å². The first kappa shape index (κ1) is 13.3. The molecule has 0 radical (unpaired) electrons. The van der Waals surface area contributed by atoms with Crippen LogP contribution in [-0.4, -0.2) is 55.4 Å². The Morgan fingerprint density at radius 3 is 2.80 bits per heavy atom. The molecule has 2 amide bonds. The number of carboxylic acid groups (broad SMARTS) is 1. The maximum atomic E-state index is 11.2. The van der Waals surface area contributed by atoms with Gasteiger partial charge in [-0.1, -0.05) is 5.92 Å². The van der Waals surface area contributed by atoms with Crippen LogP contribution in [0.1, 0.15) is 0 Å². The van der Waals surface area contributed by atoms with Crippen molar-refractivity contribution in [1.29, 1.82) is 0 Å². The quantitative estimate of drug-likeness (QED) is 0.455. The van der Waals surface area contributed by atoms with Crippen molar-refractivity contribution in [2.45, 2.75) is 0 Å². The van der Waals surface area contributed by atoms with Gasteiger partial charge < -0.3 is 20.1 Å². The lowest BCUT2D eigenvalue weighted by molar-refractivity contribution is -0.142. The molecule has 0 bridgehead atoms. The summed E-state index contributed by atoms with van der Waals surface area (Å²) < 4.78 is 4.71. The summed E-state index contributed by atoms with van der Waals surface area (Å²) in [4.78, 5) is 22.6. The Morgan fingerprint density at radius 1 is 1.60 bits per heavy atom. The number of nitrogens with one attached hydrogen (secondary N) is 1. The van der Waals surface area contributed by atoms with E-state index in [2.05, 4.69) is 11.2 Å². The number of hydrogen-bond acceptors (Lipinski definition) is 3. The van der Waals surface area contributed by atoms with Crippen LogP contribution in [0.25, 0.3) is 0 Å². The highest BCUT2D eigenvalue weighted by molar-refractivity contribution is 5.74. The van der Waals surface area contributed by atoms with Crippen LogP contribution in [0.15, 0.2) is 0 Å². The standard InChI is InChI=1S/C9H14N2O4/c1-3-5-11(2)9(14)10-4-6-15-7-8(12)13/h1H,4-7H2,2H3,(H,10,14)(H,12,13). The van der Waals surface area contributed by atoms with Crippen LogP contribution in [0, 0.1) is 12.3 Å². The molecule has 2 N–H and O–H groups in total. The van der Waals surface area contributed by atoms with Crippen LogP contribution in [0.5, 0.6) is 0 Å². The number of hydrogen-bond donors (Lipinski definition) is 2. The fraction of sp³-hybridized carbons (Fsp3) is 0.556. The maximum absolute atomic E-state index is 11.2. The Balaban J connectivity index is 3.47. The van der Waals surface area contributed by atoms with Gasteiger partial charge in [-0.3, -0.25) is 0 Å². The molecule has 0 fully saturated rings. The number of aliphatic carboxylic acids is 1. The second kappa shape index (κ2) is 7.64. The third-order valence-corrected chi connectivity index (χ3v) is 1.42. The Bertz CT molecular complexity index is 259. The molecule has 84 valence electrons. The van der Waals surface area contributed by atoms with Gasteiger partial charge in [-0.2, -0.15) is 0 Å². The lowest BCUT2D eigenvalue weighted by Gasteiger charge is -2.14. The van der Waals surface area contributed by atoms with Gasteiger partial charge in [0, 0.05) is 13.6 Å². The third-order valence-electron chi connectivity index (χ3n) is 1.42. The molecule has 0 aromatic rings. The zero-order valence-corrected chi connectivity index (χ0v) is 8.52. The lowest BCUT2D eigenvalue weighted by Crippen LogP contribution is -2.39. The second-order valence-corrected chi connectivity index (χ2v) is 2.74. The molecule has 0 spiro atoms. The Kier molecular flexibility index (Phi) is 6.76. The molecular weight excluding hydrogens is 200 g/mol. The molecule has 6 heteroatoms. The summed E-state index contributed by atoms with van der Waals surface area (Å²) in [5.74, 6) is 1.28. The van der Waals surface area contributed by atoms with Gasteiger partial charge in [-0.05, 0) is 0 Å². The molecule has 0 rings (SSSR count). The van der Waals surface area contributed by atoms with Gasteiger partial charge in [0.05, 0.1) is 13.2 Å². The minimum absolute atomic E-state index is 0.155. The van der Waals surface area contributed by atoms with E-state index in [0.29, 0.717) is 0 Å². The van der Waals surface area contributed by atoms with Crippen molar-refractivity contribution in [3.63, 3.8) is 0 Å². The molecule has 6 nitrogen and oxygen atoms in total. The fourth-order valence-corrected chi connectivity index (χ4v) is 0.733. The molecule has 0 saturated carbocycles. The normalized spacial score (nSPS) is 9.07. The van der Waals surface area contributed by atoms with Crippen molar-refractivity contribution in [2.75, 3.05) is 33.4 Å². The molecule has 0 atom stereocenters. The van der Waals surface area contributed by atoms with E-state index in [1.54, 1.807) is 7.05 Å². The van der Waals surface area contributed by atoms with Crippen molar-refractivity contribution < 1.29 is 19.4 Å². The van der Waals surface area contributed by atoms with Crippen molar-refractivity contribution in [1.82, 2.24) is 10.2 Å². The van der Waals surface area contributed by atoms with Gasteiger partial charge in [-0.15, -0.1) is 6.42 Å². The van der Waals surface area contributed by atoms with Crippen molar-refractivity contribution in [3.05, 3.63) is 0 Å². The Hall–Kier alpha value is -1.74. The number of nitrogens with zero attached hydrogens (tertiary/aromatic N) is 1. The Morgan fingerprint density at radius 2 is 2.27 bits per heavy atom. The third kappa shape index (κ3) is 7.34. The number of amides is 2. The van der Waals surface area contributed by atoms with Gasteiger partial charge in [0.2, 0.25) is 0 Å². The fourth-order valence-electron chi connectivity index (χ4n) is 0.733.